The van der Waals surface area contributed by atoms with Gasteiger partial charge in [-0.2, -0.15) is 0 Å². The number of azide groups is 1. The van der Waals surface area contributed by atoms with E-state index in [9.17, 15) is 0 Å². The van der Waals surface area contributed by atoms with Gasteiger partial charge in [0, 0.05) is 43.9 Å². The second kappa shape index (κ2) is 5.53. The Bertz CT molecular complexity index is 203. The van der Waals surface area contributed by atoms with E-state index in [1.165, 1.54) is 6.21 Å². The molecule has 0 radical (unpaired) electrons. The van der Waals surface area contributed by atoms with Crippen molar-refractivity contribution in [2.75, 3.05) is 32.7 Å². The maximum absolute atomic E-state index is 8.16. The lowest BCUT2D eigenvalue weighted by Gasteiger charge is -2.31. The molecule has 1 rings (SSSR count). The van der Waals surface area contributed by atoms with Gasteiger partial charge >= 0.3 is 0 Å². The van der Waals surface area contributed by atoms with Crippen LogP contribution >= 0.6 is 0 Å². The molecule has 1 unspecified atom stereocenters. The largest absolute Gasteiger partial charge is 0.314 e. The first-order valence-corrected chi connectivity index (χ1v) is 4.34. The SMILES string of the molecule is [N-]=[N+]=NCC(C=N)N1CCNCC1. The molecule has 0 aromatic carbocycles. The van der Waals surface area contributed by atoms with Crippen LogP contribution in [-0.2, 0) is 0 Å². The lowest BCUT2D eigenvalue weighted by molar-refractivity contribution is 0.218. The van der Waals surface area contributed by atoms with Crippen molar-refractivity contribution in [3.05, 3.63) is 10.4 Å². The first kappa shape index (κ1) is 9.98. The molecule has 1 heterocycles. The van der Waals surface area contributed by atoms with Crippen LogP contribution in [0.4, 0.5) is 0 Å². The van der Waals surface area contributed by atoms with Gasteiger partial charge in [-0.3, -0.25) is 4.90 Å². The van der Waals surface area contributed by atoms with E-state index in [1.54, 1.807) is 0 Å². The van der Waals surface area contributed by atoms with Crippen molar-refractivity contribution in [1.82, 2.24) is 10.2 Å². The van der Waals surface area contributed by atoms with E-state index < -0.39 is 0 Å². The Labute approximate surface area is 77.1 Å². The Kier molecular flexibility index (Phi) is 4.25. The number of nitrogens with zero attached hydrogens (tertiary/aromatic N) is 4. The fraction of sp³-hybridized carbons (Fsp3) is 0.857. The summed E-state index contributed by atoms with van der Waals surface area (Å²) in [5, 5.41) is 13.9. The van der Waals surface area contributed by atoms with E-state index in [0.29, 0.717) is 6.54 Å². The van der Waals surface area contributed by atoms with Crippen LogP contribution in [0.15, 0.2) is 5.11 Å². The van der Waals surface area contributed by atoms with Crippen LogP contribution in [0.5, 0.6) is 0 Å². The van der Waals surface area contributed by atoms with E-state index in [1.807, 2.05) is 0 Å². The number of hydrogen-bond acceptors (Lipinski definition) is 4. The van der Waals surface area contributed by atoms with Gasteiger partial charge in [-0.25, -0.2) is 0 Å². The summed E-state index contributed by atoms with van der Waals surface area (Å²) in [5.74, 6) is 0. The maximum atomic E-state index is 8.16. The molecule has 1 saturated heterocycles. The fourth-order valence-electron chi connectivity index (χ4n) is 1.41. The molecule has 0 aromatic rings. The lowest BCUT2D eigenvalue weighted by atomic mass is 10.2. The molecule has 2 N–H and O–H groups in total. The minimum Gasteiger partial charge on any atom is -0.314 e. The van der Waals surface area contributed by atoms with Crippen molar-refractivity contribution < 1.29 is 0 Å². The zero-order valence-electron chi connectivity index (χ0n) is 7.48. The zero-order valence-corrected chi connectivity index (χ0v) is 7.48. The van der Waals surface area contributed by atoms with E-state index in [-0.39, 0.29) is 6.04 Å². The number of hydrogen-bond donors (Lipinski definition) is 2. The molecule has 13 heavy (non-hydrogen) atoms. The average molecular weight is 182 g/mol. The van der Waals surface area contributed by atoms with Gasteiger partial charge < -0.3 is 10.7 Å². The summed E-state index contributed by atoms with van der Waals surface area (Å²) in [6.07, 6.45) is 1.35. The van der Waals surface area contributed by atoms with Crippen molar-refractivity contribution in [1.29, 1.82) is 5.41 Å². The van der Waals surface area contributed by atoms with Gasteiger partial charge in [0.2, 0.25) is 0 Å². The summed E-state index contributed by atoms with van der Waals surface area (Å²) in [6, 6.07) is -0.0296. The maximum Gasteiger partial charge on any atom is 0.0501 e. The molecule has 0 amide bonds. The highest BCUT2D eigenvalue weighted by Gasteiger charge is 2.17. The van der Waals surface area contributed by atoms with E-state index in [0.717, 1.165) is 26.2 Å². The zero-order chi connectivity index (χ0) is 9.52. The third kappa shape index (κ3) is 3.02. The molecular weight excluding hydrogens is 168 g/mol. The van der Waals surface area contributed by atoms with E-state index in [4.69, 9.17) is 10.9 Å². The third-order valence-corrected chi connectivity index (χ3v) is 2.14. The Morgan fingerprint density at radius 2 is 2.31 bits per heavy atom. The fourth-order valence-corrected chi connectivity index (χ4v) is 1.41. The molecule has 0 aromatic heterocycles. The van der Waals surface area contributed by atoms with Crippen molar-refractivity contribution in [2.24, 2.45) is 5.11 Å². The summed E-state index contributed by atoms with van der Waals surface area (Å²) in [6.45, 7) is 4.09. The summed E-state index contributed by atoms with van der Waals surface area (Å²) in [5.41, 5.74) is 8.16. The molecule has 0 bridgehead atoms. The van der Waals surface area contributed by atoms with Crippen LogP contribution in [0.3, 0.4) is 0 Å². The molecule has 0 spiro atoms. The quantitative estimate of drug-likeness (QED) is 0.282. The predicted molar refractivity (Wildman–Crippen MR) is 51.0 cm³/mol. The monoisotopic (exact) mass is 182 g/mol. The normalized spacial score (nSPS) is 20.3. The van der Waals surface area contributed by atoms with Gasteiger partial charge in [0.25, 0.3) is 0 Å². The van der Waals surface area contributed by atoms with Gasteiger partial charge in [-0.05, 0) is 5.53 Å². The molecule has 1 aliphatic heterocycles. The molecule has 72 valence electrons. The van der Waals surface area contributed by atoms with Crippen molar-refractivity contribution in [3.63, 3.8) is 0 Å². The lowest BCUT2D eigenvalue weighted by Crippen LogP contribution is -2.49. The van der Waals surface area contributed by atoms with Gasteiger partial charge in [-0.1, -0.05) is 5.11 Å². The predicted octanol–water partition coefficient (Wildman–Crippen LogP) is 0.220. The molecule has 1 fully saturated rings. The Morgan fingerprint density at radius 3 is 2.85 bits per heavy atom. The van der Waals surface area contributed by atoms with Gasteiger partial charge in [0.15, 0.2) is 0 Å². The molecule has 6 nitrogen and oxygen atoms in total. The van der Waals surface area contributed by atoms with E-state index in [2.05, 4.69) is 20.2 Å². The van der Waals surface area contributed by atoms with Gasteiger partial charge in [0.1, 0.15) is 0 Å². The highest BCUT2D eigenvalue weighted by atomic mass is 15.2. The van der Waals surface area contributed by atoms with Crippen LogP contribution in [-0.4, -0.2) is 49.9 Å². The van der Waals surface area contributed by atoms with Gasteiger partial charge in [0.05, 0.1) is 6.04 Å². The summed E-state index contributed by atoms with van der Waals surface area (Å²) >= 11 is 0. The Balaban J connectivity index is 2.43. The highest BCUT2D eigenvalue weighted by Crippen LogP contribution is 1.99. The minimum atomic E-state index is -0.0296. The topological polar surface area (TPSA) is 87.9 Å². The van der Waals surface area contributed by atoms with Crippen molar-refractivity contribution >= 4 is 6.21 Å². The van der Waals surface area contributed by atoms with Gasteiger partial charge in [-0.15, -0.1) is 0 Å². The van der Waals surface area contributed by atoms with Crippen LogP contribution in [0.2, 0.25) is 0 Å². The smallest absolute Gasteiger partial charge is 0.0501 e. The second-order valence-corrected chi connectivity index (χ2v) is 2.93. The molecule has 0 saturated carbocycles. The second-order valence-electron chi connectivity index (χ2n) is 2.93. The summed E-state index contributed by atoms with van der Waals surface area (Å²) in [4.78, 5) is 4.85. The molecule has 0 aliphatic carbocycles. The number of rotatable bonds is 4. The first-order valence-electron chi connectivity index (χ1n) is 4.34. The highest BCUT2D eigenvalue weighted by molar-refractivity contribution is 5.61. The van der Waals surface area contributed by atoms with Crippen LogP contribution in [0.25, 0.3) is 10.4 Å². The Morgan fingerprint density at radius 1 is 1.62 bits per heavy atom. The average Bonchev–Trinajstić information content (AvgIpc) is 2.21. The number of nitrogens with one attached hydrogen (secondary N) is 2. The van der Waals surface area contributed by atoms with Crippen LogP contribution < -0.4 is 5.32 Å². The summed E-state index contributed by atoms with van der Waals surface area (Å²) < 4.78 is 0. The van der Waals surface area contributed by atoms with Crippen molar-refractivity contribution in [3.8, 4) is 0 Å². The summed E-state index contributed by atoms with van der Waals surface area (Å²) in [7, 11) is 0. The molecule has 1 atom stereocenters. The standard InChI is InChI=1S/C7H14N6/c8-5-7(6-11-12-9)13-3-1-10-2-4-13/h5,7-8,10H,1-4,6H2. The Hall–Kier alpha value is -1.10. The minimum absolute atomic E-state index is 0.0296. The molecular formula is C7H14N6. The third-order valence-electron chi connectivity index (χ3n) is 2.14. The van der Waals surface area contributed by atoms with E-state index >= 15 is 0 Å². The van der Waals surface area contributed by atoms with Crippen molar-refractivity contribution in [2.45, 2.75) is 6.04 Å². The molecule has 6 heteroatoms. The molecule has 1 aliphatic rings. The van der Waals surface area contributed by atoms with Crippen LogP contribution in [0, 0.1) is 5.41 Å². The number of piperazine rings is 1. The van der Waals surface area contributed by atoms with Crippen LogP contribution in [0.1, 0.15) is 0 Å². The first-order chi connectivity index (χ1) is 6.38.